The highest BCUT2D eigenvalue weighted by Crippen LogP contribution is 2.25. The van der Waals surface area contributed by atoms with Crippen LogP contribution in [0.25, 0.3) is 0 Å². The van der Waals surface area contributed by atoms with E-state index >= 15 is 0 Å². The summed E-state index contributed by atoms with van der Waals surface area (Å²) in [4.78, 5) is 18.7. The first-order valence-corrected chi connectivity index (χ1v) is 5.80. The van der Waals surface area contributed by atoms with Crippen molar-refractivity contribution in [3.05, 3.63) is 57.7 Å². The van der Waals surface area contributed by atoms with Gasteiger partial charge in [-0.1, -0.05) is 0 Å². The SMILES string of the molecule is Cc1cnc(CNc2cc(C#N)ccc2[N+](=O)[O-])cn1. The Kier molecular flexibility index (Phi) is 3.86. The Labute approximate surface area is 115 Å². The third kappa shape index (κ3) is 3.05. The zero-order valence-corrected chi connectivity index (χ0v) is 10.7. The van der Waals surface area contributed by atoms with E-state index in [9.17, 15) is 10.1 Å². The lowest BCUT2D eigenvalue weighted by molar-refractivity contribution is -0.384. The molecule has 1 N–H and O–H groups in total. The quantitative estimate of drug-likeness (QED) is 0.673. The van der Waals surface area contributed by atoms with Crippen LogP contribution >= 0.6 is 0 Å². The van der Waals surface area contributed by atoms with Crippen LogP contribution in [0.3, 0.4) is 0 Å². The van der Waals surface area contributed by atoms with Crippen LogP contribution in [0.1, 0.15) is 17.0 Å². The second-order valence-electron chi connectivity index (χ2n) is 4.10. The van der Waals surface area contributed by atoms with E-state index < -0.39 is 4.92 Å². The number of rotatable bonds is 4. The Morgan fingerprint density at radius 1 is 1.40 bits per heavy atom. The van der Waals surface area contributed by atoms with Crippen LogP contribution in [-0.4, -0.2) is 14.9 Å². The first-order valence-electron chi connectivity index (χ1n) is 5.80. The van der Waals surface area contributed by atoms with Crippen LogP contribution in [0.2, 0.25) is 0 Å². The molecular formula is C13H11N5O2. The van der Waals surface area contributed by atoms with E-state index in [1.807, 2.05) is 13.0 Å². The third-order valence-electron chi connectivity index (χ3n) is 2.62. The number of anilines is 1. The Balaban J connectivity index is 2.21. The van der Waals surface area contributed by atoms with Crippen LogP contribution in [0, 0.1) is 28.4 Å². The van der Waals surface area contributed by atoms with E-state index in [1.165, 1.54) is 18.2 Å². The molecule has 7 nitrogen and oxygen atoms in total. The summed E-state index contributed by atoms with van der Waals surface area (Å²) < 4.78 is 0. The van der Waals surface area contributed by atoms with Gasteiger partial charge in [-0.05, 0) is 19.1 Å². The second-order valence-corrected chi connectivity index (χ2v) is 4.10. The van der Waals surface area contributed by atoms with Crippen molar-refractivity contribution in [1.29, 1.82) is 5.26 Å². The molecule has 0 bridgehead atoms. The van der Waals surface area contributed by atoms with E-state index in [-0.39, 0.29) is 11.4 Å². The summed E-state index contributed by atoms with van der Waals surface area (Å²) in [6.07, 6.45) is 3.22. The number of aryl methyl sites for hydroxylation is 1. The van der Waals surface area contributed by atoms with E-state index in [1.54, 1.807) is 12.4 Å². The summed E-state index contributed by atoms with van der Waals surface area (Å²) in [5, 5.41) is 22.7. The van der Waals surface area contributed by atoms with Crippen LogP contribution in [0.5, 0.6) is 0 Å². The minimum atomic E-state index is -0.496. The molecule has 2 aromatic rings. The summed E-state index contributed by atoms with van der Waals surface area (Å²) in [7, 11) is 0. The van der Waals surface area contributed by atoms with Crippen molar-refractivity contribution in [2.24, 2.45) is 0 Å². The molecule has 0 unspecified atom stereocenters. The number of nitro groups is 1. The molecule has 2 rings (SSSR count). The average Bonchev–Trinajstić information content (AvgIpc) is 2.46. The van der Waals surface area contributed by atoms with Crippen molar-refractivity contribution in [3.8, 4) is 6.07 Å². The molecule has 1 heterocycles. The fourth-order valence-electron chi connectivity index (χ4n) is 1.60. The molecule has 0 aliphatic rings. The van der Waals surface area contributed by atoms with Gasteiger partial charge >= 0.3 is 0 Å². The smallest absolute Gasteiger partial charge is 0.292 e. The standard InChI is InChI=1S/C13H11N5O2/c1-9-6-16-11(7-15-9)8-17-12-4-10(5-14)2-3-13(12)18(19)20/h2-4,6-7,17H,8H2,1H3. The predicted molar refractivity (Wildman–Crippen MR) is 71.9 cm³/mol. The average molecular weight is 269 g/mol. The largest absolute Gasteiger partial charge is 0.374 e. The molecule has 7 heteroatoms. The van der Waals surface area contributed by atoms with Gasteiger partial charge in [-0.2, -0.15) is 5.26 Å². The Bertz CT molecular complexity index is 676. The number of nitrogens with zero attached hydrogens (tertiary/aromatic N) is 4. The maximum absolute atomic E-state index is 10.9. The molecule has 0 radical (unpaired) electrons. The Morgan fingerprint density at radius 3 is 2.80 bits per heavy atom. The van der Waals surface area contributed by atoms with Crippen molar-refractivity contribution in [2.75, 3.05) is 5.32 Å². The highest BCUT2D eigenvalue weighted by Gasteiger charge is 2.14. The van der Waals surface area contributed by atoms with E-state index in [4.69, 9.17) is 5.26 Å². The Hall–Kier alpha value is -3.01. The van der Waals surface area contributed by atoms with Gasteiger partial charge in [0.1, 0.15) is 5.69 Å². The minimum Gasteiger partial charge on any atom is -0.374 e. The van der Waals surface area contributed by atoms with Crippen molar-refractivity contribution in [2.45, 2.75) is 13.5 Å². The molecule has 0 atom stereocenters. The molecule has 0 aliphatic heterocycles. The van der Waals surface area contributed by atoms with Gasteiger partial charge < -0.3 is 5.32 Å². The van der Waals surface area contributed by atoms with Crippen LogP contribution in [-0.2, 0) is 6.54 Å². The molecule has 1 aromatic heterocycles. The number of benzene rings is 1. The van der Waals surface area contributed by atoms with E-state index in [0.29, 0.717) is 17.8 Å². The molecule has 0 saturated carbocycles. The van der Waals surface area contributed by atoms with Gasteiger partial charge in [0.15, 0.2) is 0 Å². The molecule has 0 spiro atoms. The number of aromatic nitrogens is 2. The maximum atomic E-state index is 10.9. The number of nitrogens with one attached hydrogen (secondary N) is 1. The highest BCUT2D eigenvalue weighted by molar-refractivity contribution is 5.64. The summed E-state index contributed by atoms with van der Waals surface area (Å²) in [6, 6.07) is 6.11. The van der Waals surface area contributed by atoms with Crippen LogP contribution < -0.4 is 5.32 Å². The molecule has 0 aliphatic carbocycles. The maximum Gasteiger partial charge on any atom is 0.292 e. The van der Waals surface area contributed by atoms with Crippen molar-refractivity contribution in [3.63, 3.8) is 0 Å². The van der Waals surface area contributed by atoms with Gasteiger partial charge in [0.2, 0.25) is 0 Å². The zero-order chi connectivity index (χ0) is 14.5. The van der Waals surface area contributed by atoms with E-state index in [2.05, 4.69) is 15.3 Å². The molecule has 100 valence electrons. The molecule has 1 aromatic carbocycles. The lowest BCUT2D eigenvalue weighted by atomic mass is 10.2. The highest BCUT2D eigenvalue weighted by atomic mass is 16.6. The normalized spacial score (nSPS) is 9.80. The van der Waals surface area contributed by atoms with E-state index in [0.717, 1.165) is 5.69 Å². The number of hydrogen-bond acceptors (Lipinski definition) is 6. The summed E-state index contributed by atoms with van der Waals surface area (Å²) in [5.74, 6) is 0. The molecule has 0 saturated heterocycles. The minimum absolute atomic E-state index is 0.0796. The van der Waals surface area contributed by atoms with Gasteiger partial charge in [-0.15, -0.1) is 0 Å². The molecular weight excluding hydrogens is 258 g/mol. The summed E-state index contributed by atoms with van der Waals surface area (Å²) in [5.41, 5.74) is 2.02. The molecule has 0 amide bonds. The lowest BCUT2D eigenvalue weighted by Crippen LogP contribution is -2.05. The van der Waals surface area contributed by atoms with Gasteiger partial charge in [-0.3, -0.25) is 20.1 Å². The Morgan fingerprint density at radius 2 is 2.20 bits per heavy atom. The number of nitriles is 1. The number of hydrogen-bond donors (Lipinski definition) is 1. The van der Waals surface area contributed by atoms with Gasteiger partial charge in [0.25, 0.3) is 5.69 Å². The third-order valence-corrected chi connectivity index (χ3v) is 2.62. The fraction of sp³-hybridized carbons (Fsp3) is 0.154. The first-order chi connectivity index (χ1) is 9.60. The first kappa shape index (κ1) is 13.4. The fourth-order valence-corrected chi connectivity index (χ4v) is 1.60. The second kappa shape index (κ2) is 5.75. The summed E-state index contributed by atoms with van der Waals surface area (Å²) >= 11 is 0. The molecule has 0 fully saturated rings. The van der Waals surface area contributed by atoms with Gasteiger partial charge in [0.05, 0.1) is 40.7 Å². The lowest BCUT2D eigenvalue weighted by Gasteiger charge is -2.07. The van der Waals surface area contributed by atoms with Crippen molar-refractivity contribution < 1.29 is 4.92 Å². The van der Waals surface area contributed by atoms with Crippen LogP contribution in [0.4, 0.5) is 11.4 Å². The zero-order valence-electron chi connectivity index (χ0n) is 10.7. The molecule has 20 heavy (non-hydrogen) atoms. The monoisotopic (exact) mass is 269 g/mol. The van der Waals surface area contributed by atoms with Crippen molar-refractivity contribution >= 4 is 11.4 Å². The number of nitro benzene ring substituents is 1. The topological polar surface area (TPSA) is 105 Å². The van der Waals surface area contributed by atoms with Crippen molar-refractivity contribution in [1.82, 2.24) is 9.97 Å². The van der Waals surface area contributed by atoms with Gasteiger partial charge in [0, 0.05) is 12.3 Å². The van der Waals surface area contributed by atoms with Gasteiger partial charge in [-0.25, -0.2) is 0 Å². The van der Waals surface area contributed by atoms with Crippen LogP contribution in [0.15, 0.2) is 30.6 Å². The predicted octanol–water partition coefficient (Wildman–Crippen LogP) is 2.18. The summed E-state index contributed by atoms with van der Waals surface area (Å²) in [6.45, 7) is 2.12.